The normalized spacial score (nSPS) is 13.4. The maximum absolute atomic E-state index is 11.2. The van der Waals surface area contributed by atoms with Gasteiger partial charge in [0, 0.05) is 12.5 Å². The van der Waals surface area contributed by atoms with Crippen molar-refractivity contribution in [3.8, 4) is 5.75 Å². The Morgan fingerprint density at radius 1 is 1.62 bits per heavy atom. The molecule has 1 heterocycles. The van der Waals surface area contributed by atoms with Crippen LogP contribution in [0.2, 0.25) is 0 Å². The van der Waals surface area contributed by atoms with Crippen LogP contribution in [0.25, 0.3) is 0 Å². The van der Waals surface area contributed by atoms with E-state index in [2.05, 4.69) is 10.4 Å². The minimum absolute atomic E-state index is 0.128. The number of aromatic nitrogens is 1. The molecule has 90 valence electrons. The third-order valence-corrected chi connectivity index (χ3v) is 2.96. The molecule has 1 atom stereocenters. The van der Waals surface area contributed by atoms with Crippen LogP contribution < -0.4 is 16.0 Å². The van der Waals surface area contributed by atoms with Gasteiger partial charge in [0.25, 0.3) is 0 Å². The van der Waals surface area contributed by atoms with E-state index in [0.29, 0.717) is 11.4 Å². The Balaban J connectivity index is 3.03. The van der Waals surface area contributed by atoms with E-state index >= 15 is 0 Å². The van der Waals surface area contributed by atoms with Gasteiger partial charge in [0.2, 0.25) is 0 Å². The third kappa shape index (κ3) is 3.44. The lowest BCUT2D eigenvalue weighted by atomic mass is 10.2. The van der Waals surface area contributed by atoms with Gasteiger partial charge in [0.15, 0.2) is 0 Å². The number of nitrogens with one attached hydrogen (secondary N) is 1. The van der Waals surface area contributed by atoms with Crippen molar-refractivity contribution in [3.63, 3.8) is 0 Å². The molecule has 6 nitrogen and oxygen atoms in total. The molecule has 1 aromatic heterocycles. The summed E-state index contributed by atoms with van der Waals surface area (Å²) in [6, 6.07) is 2.83. The summed E-state index contributed by atoms with van der Waals surface area (Å²) in [5.74, 6) is 5.71. The zero-order valence-corrected chi connectivity index (χ0v) is 9.99. The zero-order valence-electron chi connectivity index (χ0n) is 9.17. The topological polar surface area (TPSA) is 94.3 Å². The van der Waals surface area contributed by atoms with Crippen molar-refractivity contribution < 1.29 is 13.2 Å². The van der Waals surface area contributed by atoms with Gasteiger partial charge in [-0.3, -0.25) is 16.3 Å². The second kappa shape index (κ2) is 5.24. The molecule has 0 fully saturated rings. The van der Waals surface area contributed by atoms with Crippen LogP contribution in [0.3, 0.4) is 0 Å². The van der Waals surface area contributed by atoms with E-state index in [1.54, 1.807) is 18.3 Å². The molecule has 0 aromatic carbocycles. The lowest BCUT2D eigenvalue weighted by Gasteiger charge is -2.16. The van der Waals surface area contributed by atoms with Crippen LogP contribution >= 0.6 is 0 Å². The molecule has 1 unspecified atom stereocenters. The van der Waals surface area contributed by atoms with Gasteiger partial charge in [-0.25, -0.2) is 8.42 Å². The molecule has 0 saturated carbocycles. The number of nitrogens with zero attached hydrogens (tertiary/aromatic N) is 1. The molecule has 0 bridgehead atoms. The number of rotatable bonds is 5. The summed E-state index contributed by atoms with van der Waals surface area (Å²) in [5.41, 5.74) is 2.91. The Morgan fingerprint density at radius 2 is 2.31 bits per heavy atom. The molecule has 7 heteroatoms. The largest absolute Gasteiger partial charge is 0.495 e. The number of sulfone groups is 1. The first-order valence-electron chi connectivity index (χ1n) is 4.60. The summed E-state index contributed by atoms with van der Waals surface area (Å²) in [5, 5.41) is 0. The van der Waals surface area contributed by atoms with Crippen molar-refractivity contribution in [3.05, 3.63) is 24.0 Å². The summed E-state index contributed by atoms with van der Waals surface area (Å²) >= 11 is 0. The maximum Gasteiger partial charge on any atom is 0.149 e. The minimum atomic E-state index is -3.15. The van der Waals surface area contributed by atoms with Gasteiger partial charge in [0.05, 0.1) is 18.9 Å². The highest BCUT2D eigenvalue weighted by atomic mass is 32.2. The Labute approximate surface area is 94.7 Å². The fourth-order valence-electron chi connectivity index (χ4n) is 1.35. The third-order valence-electron chi connectivity index (χ3n) is 2.02. The number of hydrazine groups is 1. The quantitative estimate of drug-likeness (QED) is 0.543. The molecule has 0 aliphatic carbocycles. The summed E-state index contributed by atoms with van der Waals surface area (Å²) < 4.78 is 27.5. The molecule has 0 aliphatic rings. The summed E-state index contributed by atoms with van der Waals surface area (Å²) in [6.45, 7) is 0. The van der Waals surface area contributed by atoms with E-state index in [9.17, 15) is 8.42 Å². The van der Waals surface area contributed by atoms with E-state index in [1.165, 1.54) is 7.11 Å². The zero-order chi connectivity index (χ0) is 12.2. The lowest BCUT2D eigenvalue weighted by Crippen LogP contribution is -2.33. The second-order valence-electron chi connectivity index (χ2n) is 3.40. The summed E-state index contributed by atoms with van der Waals surface area (Å²) in [7, 11) is -1.65. The monoisotopic (exact) mass is 245 g/mol. The Morgan fingerprint density at radius 3 is 2.81 bits per heavy atom. The Hall–Kier alpha value is -1.18. The SMILES string of the molecule is COc1cccnc1C(CS(C)(=O)=O)NN. The van der Waals surface area contributed by atoms with Gasteiger partial charge in [-0.05, 0) is 12.1 Å². The molecule has 0 amide bonds. The molecule has 0 spiro atoms. The molecule has 1 aromatic rings. The molecule has 1 rings (SSSR count). The standard InChI is InChI=1S/C9H15N3O3S/c1-15-8-4-3-5-11-9(8)7(12-10)6-16(2,13)14/h3-5,7,12H,6,10H2,1-2H3. The first-order valence-corrected chi connectivity index (χ1v) is 6.66. The lowest BCUT2D eigenvalue weighted by molar-refractivity contribution is 0.398. The van der Waals surface area contributed by atoms with Gasteiger partial charge in [-0.1, -0.05) is 0 Å². The van der Waals surface area contributed by atoms with Crippen LogP contribution in [-0.4, -0.2) is 32.5 Å². The van der Waals surface area contributed by atoms with E-state index < -0.39 is 15.9 Å². The molecule has 3 N–H and O–H groups in total. The highest BCUT2D eigenvalue weighted by Gasteiger charge is 2.20. The number of nitrogens with two attached hydrogens (primary N) is 1. The first-order chi connectivity index (χ1) is 7.48. The average Bonchev–Trinajstić information content (AvgIpc) is 2.24. The van der Waals surface area contributed by atoms with E-state index in [0.717, 1.165) is 6.26 Å². The molecule has 0 saturated heterocycles. The van der Waals surface area contributed by atoms with Crippen LogP contribution in [0.15, 0.2) is 18.3 Å². The minimum Gasteiger partial charge on any atom is -0.495 e. The van der Waals surface area contributed by atoms with Crippen LogP contribution in [0.4, 0.5) is 0 Å². The number of pyridine rings is 1. The van der Waals surface area contributed by atoms with Crippen molar-refractivity contribution in [2.75, 3.05) is 19.1 Å². The number of hydrogen-bond donors (Lipinski definition) is 2. The number of ether oxygens (including phenoxy) is 1. The average molecular weight is 245 g/mol. The highest BCUT2D eigenvalue weighted by molar-refractivity contribution is 7.90. The van der Waals surface area contributed by atoms with Crippen molar-refractivity contribution in [1.82, 2.24) is 10.4 Å². The van der Waals surface area contributed by atoms with E-state index in [1.807, 2.05) is 0 Å². The van der Waals surface area contributed by atoms with Crippen LogP contribution in [0, 0.1) is 0 Å². The van der Waals surface area contributed by atoms with Crippen LogP contribution in [0.1, 0.15) is 11.7 Å². The fourth-order valence-corrected chi connectivity index (χ4v) is 2.21. The van der Waals surface area contributed by atoms with Gasteiger partial charge in [-0.2, -0.15) is 0 Å². The first kappa shape index (κ1) is 12.9. The predicted octanol–water partition coefficient (Wildman–Crippen LogP) is -0.361. The molecule has 16 heavy (non-hydrogen) atoms. The summed E-state index contributed by atoms with van der Waals surface area (Å²) in [6.07, 6.45) is 2.71. The van der Waals surface area contributed by atoms with Gasteiger partial charge >= 0.3 is 0 Å². The van der Waals surface area contributed by atoms with Crippen molar-refractivity contribution in [1.29, 1.82) is 0 Å². The van der Waals surface area contributed by atoms with Crippen molar-refractivity contribution in [2.45, 2.75) is 6.04 Å². The van der Waals surface area contributed by atoms with Crippen LogP contribution in [-0.2, 0) is 9.84 Å². The summed E-state index contributed by atoms with van der Waals surface area (Å²) in [4.78, 5) is 4.07. The fraction of sp³-hybridized carbons (Fsp3) is 0.444. The predicted molar refractivity (Wildman–Crippen MR) is 60.6 cm³/mol. The van der Waals surface area contributed by atoms with Crippen molar-refractivity contribution >= 4 is 9.84 Å². The maximum atomic E-state index is 11.2. The van der Waals surface area contributed by atoms with Crippen molar-refractivity contribution in [2.24, 2.45) is 5.84 Å². The Bertz CT molecular complexity index is 447. The Kier molecular flexibility index (Phi) is 4.22. The molecular weight excluding hydrogens is 230 g/mol. The molecule has 0 aliphatic heterocycles. The van der Waals surface area contributed by atoms with E-state index in [-0.39, 0.29) is 5.75 Å². The molecular formula is C9H15N3O3S. The van der Waals surface area contributed by atoms with Crippen LogP contribution in [0.5, 0.6) is 5.75 Å². The van der Waals surface area contributed by atoms with E-state index in [4.69, 9.17) is 10.6 Å². The van der Waals surface area contributed by atoms with Gasteiger partial charge in [-0.15, -0.1) is 0 Å². The molecule has 0 radical (unpaired) electrons. The smallest absolute Gasteiger partial charge is 0.149 e. The van der Waals surface area contributed by atoms with Gasteiger partial charge in [0.1, 0.15) is 21.3 Å². The highest BCUT2D eigenvalue weighted by Crippen LogP contribution is 2.22. The van der Waals surface area contributed by atoms with Gasteiger partial charge < -0.3 is 4.74 Å². The number of hydrogen-bond acceptors (Lipinski definition) is 6. The second-order valence-corrected chi connectivity index (χ2v) is 5.59. The number of methoxy groups -OCH3 is 1.